The van der Waals surface area contributed by atoms with Gasteiger partial charge in [0.1, 0.15) is 11.6 Å². The number of halogens is 3. The highest BCUT2D eigenvalue weighted by Gasteiger charge is 2.62. The molecule has 0 bridgehead atoms. The molecular weight excluding hydrogens is 549 g/mol. The number of pyridine rings is 1. The van der Waals surface area contributed by atoms with E-state index >= 15 is 0 Å². The molecule has 8 nitrogen and oxygen atoms in total. The number of hydrogen-bond donors (Lipinski definition) is 1. The molecule has 2 aromatic rings. The average Bonchev–Trinajstić information content (AvgIpc) is 2.96. The van der Waals surface area contributed by atoms with Crippen LogP contribution in [0, 0.1) is 18.3 Å². The van der Waals surface area contributed by atoms with Crippen molar-refractivity contribution in [3.63, 3.8) is 0 Å². The molecule has 1 aromatic carbocycles. The average molecular weight is 591 g/mol. The second-order valence-corrected chi connectivity index (χ2v) is 12.2. The highest BCUT2D eigenvalue weighted by molar-refractivity contribution is 5.95. The Hall–Kier alpha value is -3.34. The first kappa shape index (κ1) is 31.6. The molecule has 0 aliphatic carbocycles. The van der Waals surface area contributed by atoms with Gasteiger partial charge in [-0.3, -0.25) is 9.59 Å². The quantitative estimate of drug-likeness (QED) is 0.500. The number of nitrogens with zero attached hydrogens (tertiary/aromatic N) is 4. The maximum absolute atomic E-state index is 14.2. The number of rotatable bonds is 7. The summed E-state index contributed by atoms with van der Waals surface area (Å²) in [7, 11) is 4.74. The molecule has 2 saturated heterocycles. The Morgan fingerprint density at radius 3 is 2.29 bits per heavy atom. The second-order valence-electron chi connectivity index (χ2n) is 12.2. The lowest BCUT2D eigenvalue weighted by atomic mass is 9.71. The number of methoxy groups -OCH3 is 1. The molecule has 2 amide bonds. The molecule has 1 aromatic heterocycles. The van der Waals surface area contributed by atoms with Crippen LogP contribution in [-0.2, 0) is 10.4 Å². The summed E-state index contributed by atoms with van der Waals surface area (Å²) in [6.07, 6.45) is -1.22. The molecule has 0 radical (unpaired) electrons. The standard InChI is InChI=1S/C31H41F3N4O4/c1-21-25(27(39)36(3)4)9-10-26(35-21)37-17-13-29(2,14-18-37)20-22-11-15-38(16-12-22)28(40)30(41,31(32,33)34)23-7-6-8-24(19-23)42-5/h6-10,19,22,41H,11-18,20H2,1-5H3/t30-/m1/s1. The number of benzene rings is 1. The predicted octanol–water partition coefficient (Wildman–Crippen LogP) is 4.79. The maximum Gasteiger partial charge on any atom is 0.430 e. The van der Waals surface area contributed by atoms with Gasteiger partial charge in [0.2, 0.25) is 0 Å². The van der Waals surface area contributed by atoms with E-state index < -0.39 is 23.2 Å². The van der Waals surface area contributed by atoms with Crippen LogP contribution in [0.3, 0.4) is 0 Å². The number of aryl methyl sites for hydroxylation is 1. The molecule has 0 spiro atoms. The fraction of sp³-hybridized carbons (Fsp3) is 0.581. The number of amides is 2. The highest BCUT2D eigenvalue weighted by atomic mass is 19.4. The fourth-order valence-corrected chi connectivity index (χ4v) is 6.19. The molecule has 2 aliphatic heterocycles. The van der Waals surface area contributed by atoms with Gasteiger partial charge in [-0.05, 0) is 74.6 Å². The van der Waals surface area contributed by atoms with Gasteiger partial charge in [0.05, 0.1) is 18.4 Å². The number of alkyl halides is 3. The number of hydrogen-bond acceptors (Lipinski definition) is 6. The lowest BCUT2D eigenvalue weighted by Crippen LogP contribution is -2.57. The molecule has 11 heteroatoms. The number of ether oxygens (including phenoxy) is 1. The lowest BCUT2D eigenvalue weighted by molar-refractivity contribution is -0.262. The summed E-state index contributed by atoms with van der Waals surface area (Å²) in [6.45, 7) is 6.06. The van der Waals surface area contributed by atoms with Gasteiger partial charge >= 0.3 is 6.18 Å². The third kappa shape index (κ3) is 6.35. The van der Waals surface area contributed by atoms with Crippen LogP contribution in [0.5, 0.6) is 5.75 Å². The van der Waals surface area contributed by atoms with E-state index in [1.807, 2.05) is 19.1 Å². The predicted molar refractivity (Wildman–Crippen MR) is 153 cm³/mol. The van der Waals surface area contributed by atoms with Crippen molar-refractivity contribution in [3.8, 4) is 5.75 Å². The van der Waals surface area contributed by atoms with Crippen LogP contribution in [0.15, 0.2) is 36.4 Å². The minimum atomic E-state index is -5.19. The summed E-state index contributed by atoms with van der Waals surface area (Å²) in [4.78, 5) is 35.1. The van der Waals surface area contributed by atoms with E-state index in [9.17, 15) is 27.9 Å². The zero-order valence-electron chi connectivity index (χ0n) is 25.0. The highest BCUT2D eigenvalue weighted by Crippen LogP contribution is 2.44. The van der Waals surface area contributed by atoms with Crippen molar-refractivity contribution in [3.05, 3.63) is 53.2 Å². The van der Waals surface area contributed by atoms with Gasteiger partial charge in [0.15, 0.2) is 0 Å². The first-order valence-corrected chi connectivity index (χ1v) is 14.4. The number of carbonyl (C=O) groups excluding carboxylic acids is 2. The van der Waals surface area contributed by atoms with E-state index in [2.05, 4.69) is 11.8 Å². The van der Waals surface area contributed by atoms with Gasteiger partial charge in [-0.15, -0.1) is 0 Å². The molecule has 0 unspecified atom stereocenters. The number of piperidine rings is 2. The van der Waals surface area contributed by atoms with Crippen LogP contribution >= 0.6 is 0 Å². The molecule has 3 heterocycles. The van der Waals surface area contributed by atoms with Crippen LogP contribution in [0.25, 0.3) is 0 Å². The Morgan fingerprint density at radius 1 is 1.10 bits per heavy atom. The summed E-state index contributed by atoms with van der Waals surface area (Å²) in [5.74, 6) is -0.164. The maximum atomic E-state index is 14.2. The molecule has 230 valence electrons. The summed E-state index contributed by atoms with van der Waals surface area (Å²) < 4.78 is 47.5. The first-order valence-electron chi connectivity index (χ1n) is 14.4. The van der Waals surface area contributed by atoms with E-state index in [1.165, 1.54) is 24.1 Å². The van der Waals surface area contributed by atoms with Crippen molar-refractivity contribution in [1.29, 1.82) is 0 Å². The van der Waals surface area contributed by atoms with E-state index in [-0.39, 0.29) is 36.1 Å². The summed E-state index contributed by atoms with van der Waals surface area (Å²) >= 11 is 0. The Bertz CT molecular complexity index is 1290. The lowest BCUT2D eigenvalue weighted by Gasteiger charge is -2.44. The number of aliphatic hydroxyl groups is 1. The van der Waals surface area contributed by atoms with E-state index in [4.69, 9.17) is 9.72 Å². The molecule has 4 rings (SSSR count). The smallest absolute Gasteiger partial charge is 0.430 e. The largest absolute Gasteiger partial charge is 0.497 e. The van der Waals surface area contributed by atoms with Gasteiger partial charge in [0, 0.05) is 45.8 Å². The molecule has 42 heavy (non-hydrogen) atoms. The van der Waals surface area contributed by atoms with E-state index in [0.717, 1.165) is 55.2 Å². The third-order valence-electron chi connectivity index (χ3n) is 8.89. The molecule has 2 aliphatic rings. The molecule has 1 N–H and O–H groups in total. The summed E-state index contributed by atoms with van der Waals surface area (Å²) in [6, 6.07) is 8.67. The van der Waals surface area contributed by atoms with Crippen molar-refractivity contribution >= 4 is 17.6 Å². The topological polar surface area (TPSA) is 86.2 Å². The fourth-order valence-electron chi connectivity index (χ4n) is 6.19. The number of anilines is 1. The van der Waals surface area contributed by atoms with Gasteiger partial charge in [-0.2, -0.15) is 13.2 Å². The van der Waals surface area contributed by atoms with Crippen molar-refractivity contribution in [2.75, 3.05) is 52.3 Å². The van der Waals surface area contributed by atoms with Crippen LogP contribution < -0.4 is 9.64 Å². The SMILES string of the molecule is COc1cccc([C@@](O)(C(=O)N2CCC(CC3(C)CCN(c4ccc(C(=O)N(C)C)c(C)n4)CC3)CC2)C(F)(F)F)c1. The Kier molecular flexibility index (Phi) is 9.11. The van der Waals surface area contributed by atoms with E-state index in [0.29, 0.717) is 24.1 Å². The van der Waals surface area contributed by atoms with Crippen molar-refractivity contribution in [2.45, 2.75) is 57.7 Å². The van der Waals surface area contributed by atoms with Gasteiger partial charge in [0.25, 0.3) is 17.4 Å². The monoisotopic (exact) mass is 590 g/mol. The molecule has 1 atom stereocenters. The molecular formula is C31H41F3N4O4. The summed E-state index contributed by atoms with van der Waals surface area (Å²) in [5, 5.41) is 10.8. The molecule has 0 saturated carbocycles. The van der Waals surface area contributed by atoms with Crippen LogP contribution in [0.1, 0.15) is 60.6 Å². The van der Waals surface area contributed by atoms with Crippen LogP contribution in [0.2, 0.25) is 0 Å². The zero-order chi connectivity index (χ0) is 30.9. The van der Waals surface area contributed by atoms with Crippen molar-refractivity contribution < 1.29 is 32.6 Å². The number of carbonyl (C=O) groups is 2. The Morgan fingerprint density at radius 2 is 1.74 bits per heavy atom. The van der Waals surface area contributed by atoms with Crippen molar-refractivity contribution in [1.82, 2.24) is 14.8 Å². The molecule has 2 fully saturated rings. The van der Waals surface area contributed by atoms with Gasteiger partial charge < -0.3 is 24.5 Å². The minimum Gasteiger partial charge on any atom is -0.497 e. The Balaban J connectivity index is 1.35. The first-order chi connectivity index (χ1) is 19.7. The third-order valence-corrected chi connectivity index (χ3v) is 8.89. The van der Waals surface area contributed by atoms with Crippen LogP contribution in [0.4, 0.5) is 19.0 Å². The van der Waals surface area contributed by atoms with E-state index in [1.54, 1.807) is 14.1 Å². The Labute approximate surface area is 245 Å². The normalized spacial score (nSPS) is 19.3. The second kappa shape index (κ2) is 12.1. The van der Waals surface area contributed by atoms with Gasteiger partial charge in [-0.25, -0.2) is 4.98 Å². The number of aromatic nitrogens is 1. The van der Waals surface area contributed by atoms with Crippen molar-refractivity contribution in [2.24, 2.45) is 11.3 Å². The zero-order valence-corrected chi connectivity index (χ0v) is 25.0. The summed E-state index contributed by atoms with van der Waals surface area (Å²) in [5.41, 5.74) is -2.84. The minimum absolute atomic E-state index is 0.0660. The number of likely N-dealkylation sites (tertiary alicyclic amines) is 1. The van der Waals surface area contributed by atoms with Gasteiger partial charge in [-0.1, -0.05) is 19.1 Å². The van der Waals surface area contributed by atoms with Crippen LogP contribution in [-0.4, -0.2) is 85.3 Å².